The maximum Gasteiger partial charge on any atom is 0.246 e. The van der Waals surface area contributed by atoms with E-state index in [1.165, 1.54) is 0 Å². The first-order chi connectivity index (χ1) is 8.19. The molecule has 1 atom stereocenters. The molecule has 1 aliphatic heterocycles. The number of amides is 2. The Bertz CT molecular complexity index is 445. The summed E-state index contributed by atoms with van der Waals surface area (Å²) in [5.74, 6) is 0.415. The number of anilines is 1. The van der Waals surface area contributed by atoms with E-state index < -0.39 is 6.04 Å². The van der Waals surface area contributed by atoms with Crippen LogP contribution in [0.25, 0.3) is 0 Å². The number of methoxy groups -OCH3 is 1. The molecule has 1 aliphatic rings. The van der Waals surface area contributed by atoms with Crippen LogP contribution in [-0.4, -0.2) is 25.0 Å². The van der Waals surface area contributed by atoms with Crippen LogP contribution in [0.15, 0.2) is 24.3 Å². The highest BCUT2D eigenvalue weighted by Crippen LogP contribution is 2.17. The summed E-state index contributed by atoms with van der Waals surface area (Å²) < 4.78 is 5.06. The minimum absolute atomic E-state index is 0.0733. The number of carbonyl (C=O) groups excluding carboxylic acids is 2. The van der Waals surface area contributed by atoms with E-state index in [9.17, 15) is 9.59 Å². The Morgan fingerprint density at radius 1 is 1.53 bits per heavy atom. The van der Waals surface area contributed by atoms with Gasteiger partial charge in [0.05, 0.1) is 7.11 Å². The van der Waals surface area contributed by atoms with Crippen molar-refractivity contribution in [2.45, 2.75) is 18.9 Å². The summed E-state index contributed by atoms with van der Waals surface area (Å²) in [6, 6.07) is 6.68. The molecule has 0 aromatic heterocycles. The third kappa shape index (κ3) is 2.75. The molecular formula is C12H14N2O3. The van der Waals surface area contributed by atoms with Gasteiger partial charge in [-0.3, -0.25) is 9.59 Å². The maximum absolute atomic E-state index is 11.8. The van der Waals surface area contributed by atoms with E-state index in [0.29, 0.717) is 24.3 Å². The molecule has 5 nitrogen and oxygen atoms in total. The molecule has 1 saturated heterocycles. The maximum atomic E-state index is 11.8. The zero-order chi connectivity index (χ0) is 12.3. The molecule has 1 aromatic rings. The molecule has 5 heteroatoms. The van der Waals surface area contributed by atoms with Gasteiger partial charge in [-0.2, -0.15) is 0 Å². The van der Waals surface area contributed by atoms with Crippen LogP contribution in [0.3, 0.4) is 0 Å². The molecule has 17 heavy (non-hydrogen) atoms. The standard InChI is InChI=1S/C12H14N2O3/c1-17-9-4-2-3-8(7-9)13-12(16)10-5-6-11(15)14-10/h2-4,7,10H,5-6H2,1H3,(H,13,16)(H,14,15). The first kappa shape index (κ1) is 11.4. The van der Waals surface area contributed by atoms with Gasteiger partial charge in [-0.25, -0.2) is 0 Å². The van der Waals surface area contributed by atoms with Crippen LogP contribution in [0.5, 0.6) is 5.75 Å². The lowest BCUT2D eigenvalue weighted by Gasteiger charge is -2.11. The average molecular weight is 234 g/mol. The van der Waals surface area contributed by atoms with E-state index in [1.807, 2.05) is 0 Å². The molecule has 90 valence electrons. The molecule has 1 fully saturated rings. The van der Waals surface area contributed by atoms with Crippen LogP contribution in [0.4, 0.5) is 5.69 Å². The van der Waals surface area contributed by atoms with Crippen LogP contribution < -0.4 is 15.4 Å². The number of carbonyl (C=O) groups is 2. The zero-order valence-corrected chi connectivity index (χ0v) is 9.53. The van der Waals surface area contributed by atoms with Crippen molar-refractivity contribution in [1.82, 2.24) is 5.32 Å². The van der Waals surface area contributed by atoms with E-state index in [1.54, 1.807) is 31.4 Å². The Morgan fingerprint density at radius 2 is 2.35 bits per heavy atom. The van der Waals surface area contributed by atoms with Gasteiger partial charge >= 0.3 is 0 Å². The van der Waals surface area contributed by atoms with Crippen molar-refractivity contribution in [1.29, 1.82) is 0 Å². The number of benzene rings is 1. The van der Waals surface area contributed by atoms with Crippen molar-refractivity contribution in [3.63, 3.8) is 0 Å². The van der Waals surface area contributed by atoms with Crippen molar-refractivity contribution in [3.05, 3.63) is 24.3 Å². The Hall–Kier alpha value is -2.04. The summed E-state index contributed by atoms with van der Waals surface area (Å²) in [7, 11) is 1.57. The third-order valence-electron chi connectivity index (χ3n) is 2.65. The molecule has 0 radical (unpaired) electrons. The van der Waals surface area contributed by atoms with Crippen LogP contribution in [0, 0.1) is 0 Å². The van der Waals surface area contributed by atoms with E-state index in [4.69, 9.17) is 4.74 Å². The summed E-state index contributed by atoms with van der Waals surface area (Å²) in [6.45, 7) is 0. The Morgan fingerprint density at radius 3 is 3.00 bits per heavy atom. The van der Waals surface area contributed by atoms with E-state index >= 15 is 0 Å². The monoisotopic (exact) mass is 234 g/mol. The van der Waals surface area contributed by atoms with Crippen LogP contribution in [-0.2, 0) is 9.59 Å². The fraction of sp³-hybridized carbons (Fsp3) is 0.333. The minimum Gasteiger partial charge on any atom is -0.497 e. The van der Waals surface area contributed by atoms with Crippen molar-refractivity contribution < 1.29 is 14.3 Å². The van der Waals surface area contributed by atoms with Gasteiger partial charge < -0.3 is 15.4 Å². The summed E-state index contributed by atoms with van der Waals surface area (Å²) in [5.41, 5.74) is 0.662. The fourth-order valence-electron chi connectivity index (χ4n) is 1.74. The summed E-state index contributed by atoms with van der Waals surface area (Å²) in [6.07, 6.45) is 0.963. The molecule has 1 unspecified atom stereocenters. The van der Waals surface area contributed by atoms with Gasteiger partial charge in [0.2, 0.25) is 11.8 Å². The molecular weight excluding hydrogens is 220 g/mol. The lowest BCUT2D eigenvalue weighted by Crippen LogP contribution is -2.37. The number of hydrogen-bond donors (Lipinski definition) is 2. The highest BCUT2D eigenvalue weighted by Gasteiger charge is 2.27. The van der Waals surface area contributed by atoms with E-state index in [2.05, 4.69) is 10.6 Å². The average Bonchev–Trinajstić information content (AvgIpc) is 2.76. The molecule has 1 aromatic carbocycles. The van der Waals surface area contributed by atoms with Crippen LogP contribution >= 0.6 is 0 Å². The van der Waals surface area contributed by atoms with Gasteiger partial charge in [0, 0.05) is 18.2 Å². The topological polar surface area (TPSA) is 67.4 Å². The second-order valence-electron chi connectivity index (χ2n) is 3.88. The summed E-state index contributed by atoms with van der Waals surface area (Å²) in [5, 5.41) is 5.37. The van der Waals surface area contributed by atoms with Gasteiger partial charge in [0.1, 0.15) is 11.8 Å². The molecule has 2 N–H and O–H groups in total. The molecule has 2 rings (SSSR count). The van der Waals surface area contributed by atoms with Gasteiger partial charge in [0.15, 0.2) is 0 Å². The number of hydrogen-bond acceptors (Lipinski definition) is 3. The van der Waals surface area contributed by atoms with Crippen molar-refractivity contribution >= 4 is 17.5 Å². The number of nitrogens with one attached hydrogen (secondary N) is 2. The second kappa shape index (κ2) is 4.86. The Labute approximate surface area is 99.2 Å². The van der Waals surface area contributed by atoms with E-state index in [0.717, 1.165) is 0 Å². The van der Waals surface area contributed by atoms with Gasteiger partial charge in [-0.1, -0.05) is 6.07 Å². The normalized spacial score (nSPS) is 18.6. The Balaban J connectivity index is 2.00. The summed E-state index contributed by atoms with van der Waals surface area (Å²) in [4.78, 5) is 22.8. The first-order valence-electron chi connectivity index (χ1n) is 5.43. The quantitative estimate of drug-likeness (QED) is 0.817. The number of ether oxygens (including phenoxy) is 1. The zero-order valence-electron chi connectivity index (χ0n) is 9.53. The molecule has 1 heterocycles. The van der Waals surface area contributed by atoms with Crippen LogP contribution in [0.1, 0.15) is 12.8 Å². The molecule has 0 aliphatic carbocycles. The fourth-order valence-corrected chi connectivity index (χ4v) is 1.74. The van der Waals surface area contributed by atoms with Gasteiger partial charge in [-0.15, -0.1) is 0 Å². The lowest BCUT2D eigenvalue weighted by atomic mass is 10.2. The predicted molar refractivity (Wildman–Crippen MR) is 62.8 cm³/mol. The van der Waals surface area contributed by atoms with E-state index in [-0.39, 0.29) is 11.8 Å². The molecule has 0 saturated carbocycles. The first-order valence-corrected chi connectivity index (χ1v) is 5.43. The highest BCUT2D eigenvalue weighted by atomic mass is 16.5. The van der Waals surface area contributed by atoms with Crippen molar-refractivity contribution in [2.24, 2.45) is 0 Å². The van der Waals surface area contributed by atoms with Crippen molar-refractivity contribution in [3.8, 4) is 5.75 Å². The lowest BCUT2D eigenvalue weighted by molar-refractivity contribution is -0.122. The second-order valence-corrected chi connectivity index (χ2v) is 3.88. The number of rotatable bonds is 3. The van der Waals surface area contributed by atoms with Crippen LogP contribution in [0.2, 0.25) is 0 Å². The van der Waals surface area contributed by atoms with Crippen molar-refractivity contribution in [2.75, 3.05) is 12.4 Å². The molecule has 0 spiro atoms. The predicted octanol–water partition coefficient (Wildman–Crippen LogP) is 0.912. The third-order valence-corrected chi connectivity index (χ3v) is 2.65. The minimum atomic E-state index is -0.422. The van der Waals surface area contributed by atoms with Gasteiger partial charge in [0.25, 0.3) is 0 Å². The highest BCUT2D eigenvalue weighted by molar-refractivity contribution is 5.99. The largest absolute Gasteiger partial charge is 0.497 e. The summed E-state index contributed by atoms with van der Waals surface area (Å²) >= 11 is 0. The Kier molecular flexibility index (Phi) is 3.27. The smallest absolute Gasteiger partial charge is 0.246 e. The van der Waals surface area contributed by atoms with Gasteiger partial charge in [-0.05, 0) is 18.6 Å². The molecule has 0 bridgehead atoms. The SMILES string of the molecule is COc1cccc(NC(=O)C2CCC(=O)N2)c1. The molecule has 2 amide bonds.